The summed E-state index contributed by atoms with van der Waals surface area (Å²) in [4.78, 5) is 19.9. The molecule has 0 aliphatic rings. The zero-order valence-electron chi connectivity index (χ0n) is 15.5. The maximum absolute atomic E-state index is 13.8. The van der Waals surface area contributed by atoms with Crippen LogP contribution in [-0.4, -0.2) is 25.7 Å². The van der Waals surface area contributed by atoms with Crippen LogP contribution < -0.4 is 5.32 Å². The zero-order valence-corrected chi connectivity index (χ0v) is 16.3. The highest BCUT2D eigenvalue weighted by Crippen LogP contribution is 2.29. The lowest BCUT2D eigenvalue weighted by molar-refractivity contribution is 0.101. The molecule has 3 aromatic heterocycles. The highest BCUT2D eigenvalue weighted by atomic mass is 32.1. The summed E-state index contributed by atoms with van der Waals surface area (Å²) in [6, 6.07) is 5.25. The van der Waals surface area contributed by atoms with E-state index in [0.717, 1.165) is 39.9 Å². The number of rotatable bonds is 4. The molecule has 1 N–H and O–H groups in total. The van der Waals surface area contributed by atoms with Crippen molar-refractivity contribution in [1.82, 2.24) is 19.7 Å². The number of halogens is 2. The van der Waals surface area contributed by atoms with Crippen molar-refractivity contribution in [3.8, 4) is 16.3 Å². The molecule has 4 aromatic rings. The maximum Gasteiger partial charge on any atom is 0.261 e. The van der Waals surface area contributed by atoms with Gasteiger partial charge < -0.3 is 5.32 Å². The van der Waals surface area contributed by atoms with Gasteiger partial charge in [-0.3, -0.25) is 9.78 Å². The lowest BCUT2D eigenvalue weighted by Gasteiger charge is -2.10. The fraction of sp³-hybridized carbons (Fsp3) is 0.100. The zero-order chi connectivity index (χ0) is 20.5. The predicted octanol–water partition coefficient (Wildman–Crippen LogP) is 4.54. The van der Waals surface area contributed by atoms with Crippen molar-refractivity contribution in [2.45, 2.75) is 13.8 Å². The minimum absolute atomic E-state index is 0.428. The Bertz CT molecular complexity index is 1180. The van der Waals surface area contributed by atoms with Gasteiger partial charge in [-0.05, 0) is 37.1 Å². The molecule has 3 heterocycles. The standard InChI is InChI=1S/C20H15F2N5OS/c1-11-7-13(25-19(28)18-16(21)8-23-9-17(18)22)3-4-14(11)15-10-27(26-12(15)2)20-24-5-6-29-20/h3-10H,1-2H3,(H,25,28). The number of aryl methyl sites for hydroxylation is 2. The van der Waals surface area contributed by atoms with E-state index in [-0.39, 0.29) is 0 Å². The lowest BCUT2D eigenvalue weighted by atomic mass is 10.0. The Morgan fingerprint density at radius 1 is 1.14 bits per heavy atom. The number of amides is 1. The first kappa shape index (κ1) is 18.9. The molecule has 1 amide bonds. The molecule has 0 aliphatic heterocycles. The van der Waals surface area contributed by atoms with E-state index >= 15 is 0 Å². The third kappa shape index (κ3) is 3.64. The van der Waals surface area contributed by atoms with E-state index in [1.165, 1.54) is 11.3 Å². The van der Waals surface area contributed by atoms with E-state index in [9.17, 15) is 13.6 Å². The van der Waals surface area contributed by atoms with Gasteiger partial charge in [0.2, 0.25) is 5.13 Å². The van der Waals surface area contributed by atoms with Crippen LogP contribution in [0.2, 0.25) is 0 Å². The summed E-state index contributed by atoms with van der Waals surface area (Å²) < 4.78 is 29.2. The highest BCUT2D eigenvalue weighted by Gasteiger charge is 2.18. The number of pyridine rings is 1. The molecule has 146 valence electrons. The lowest BCUT2D eigenvalue weighted by Crippen LogP contribution is -2.16. The van der Waals surface area contributed by atoms with E-state index in [0.29, 0.717) is 5.69 Å². The normalized spacial score (nSPS) is 10.9. The van der Waals surface area contributed by atoms with Gasteiger partial charge >= 0.3 is 0 Å². The number of benzene rings is 1. The fourth-order valence-corrected chi connectivity index (χ4v) is 3.58. The number of carbonyl (C=O) groups is 1. The second-order valence-corrected chi connectivity index (χ2v) is 7.22. The summed E-state index contributed by atoms with van der Waals surface area (Å²) in [7, 11) is 0. The van der Waals surface area contributed by atoms with E-state index in [4.69, 9.17) is 0 Å². The average molecular weight is 411 g/mol. The summed E-state index contributed by atoms with van der Waals surface area (Å²) in [6.07, 6.45) is 5.22. The van der Waals surface area contributed by atoms with Gasteiger partial charge in [0.1, 0.15) is 5.56 Å². The van der Waals surface area contributed by atoms with Crippen LogP contribution in [-0.2, 0) is 0 Å². The Labute approximate surface area is 168 Å². The fourth-order valence-electron chi connectivity index (χ4n) is 3.02. The highest BCUT2D eigenvalue weighted by molar-refractivity contribution is 7.12. The molecule has 0 bridgehead atoms. The topological polar surface area (TPSA) is 72.7 Å². The van der Waals surface area contributed by atoms with Crippen molar-refractivity contribution in [2.75, 3.05) is 5.32 Å². The van der Waals surface area contributed by atoms with Gasteiger partial charge in [0, 0.05) is 29.0 Å². The van der Waals surface area contributed by atoms with Gasteiger partial charge in [0.05, 0.1) is 18.1 Å². The number of nitrogens with zero attached hydrogens (tertiary/aromatic N) is 4. The molecule has 0 unspecified atom stereocenters. The van der Waals surface area contributed by atoms with Gasteiger partial charge in [-0.15, -0.1) is 11.3 Å². The molecule has 0 aliphatic carbocycles. The van der Waals surface area contributed by atoms with E-state index in [1.54, 1.807) is 23.0 Å². The number of hydrogen-bond donors (Lipinski definition) is 1. The number of aromatic nitrogens is 4. The molecule has 4 rings (SSSR count). The minimum Gasteiger partial charge on any atom is -0.322 e. The van der Waals surface area contributed by atoms with Gasteiger partial charge in [-0.2, -0.15) is 5.10 Å². The third-order valence-corrected chi connectivity index (χ3v) is 5.13. The van der Waals surface area contributed by atoms with E-state index in [1.807, 2.05) is 31.5 Å². The Kier molecular flexibility index (Phi) is 4.89. The quantitative estimate of drug-likeness (QED) is 0.535. The second kappa shape index (κ2) is 7.51. The number of thiazole rings is 1. The predicted molar refractivity (Wildman–Crippen MR) is 106 cm³/mol. The molecule has 0 atom stereocenters. The smallest absolute Gasteiger partial charge is 0.261 e. The first-order chi connectivity index (χ1) is 13.9. The third-order valence-electron chi connectivity index (χ3n) is 4.37. The van der Waals surface area contributed by atoms with Crippen LogP contribution in [0.4, 0.5) is 14.5 Å². The molecule has 1 aromatic carbocycles. The summed E-state index contributed by atoms with van der Waals surface area (Å²) in [5.74, 6) is -2.90. The Morgan fingerprint density at radius 3 is 2.55 bits per heavy atom. The Hall–Kier alpha value is -3.46. The molecule has 0 fully saturated rings. The maximum atomic E-state index is 13.8. The van der Waals surface area contributed by atoms with Crippen LogP contribution in [0.5, 0.6) is 0 Å². The van der Waals surface area contributed by atoms with Crippen molar-refractivity contribution in [2.24, 2.45) is 0 Å². The van der Waals surface area contributed by atoms with Gasteiger partial charge in [0.25, 0.3) is 5.91 Å². The van der Waals surface area contributed by atoms with Gasteiger partial charge in [-0.25, -0.2) is 18.4 Å². The summed E-state index contributed by atoms with van der Waals surface area (Å²) in [5, 5.41) is 9.68. The van der Waals surface area contributed by atoms with Crippen LogP contribution in [0.3, 0.4) is 0 Å². The molecular weight excluding hydrogens is 396 g/mol. The Morgan fingerprint density at radius 2 is 1.90 bits per heavy atom. The van der Waals surface area contributed by atoms with Crippen LogP contribution in [0, 0.1) is 25.5 Å². The van der Waals surface area contributed by atoms with Gasteiger partial charge in [0.15, 0.2) is 11.6 Å². The van der Waals surface area contributed by atoms with Crippen molar-refractivity contribution in [1.29, 1.82) is 0 Å². The van der Waals surface area contributed by atoms with Crippen molar-refractivity contribution in [3.05, 3.63) is 76.8 Å². The van der Waals surface area contributed by atoms with Crippen molar-refractivity contribution in [3.63, 3.8) is 0 Å². The Balaban J connectivity index is 1.61. The number of nitrogens with one attached hydrogen (secondary N) is 1. The van der Waals surface area contributed by atoms with E-state index in [2.05, 4.69) is 20.4 Å². The first-order valence-electron chi connectivity index (χ1n) is 8.61. The SMILES string of the molecule is Cc1cc(NC(=O)c2c(F)cncc2F)ccc1-c1cn(-c2nccs2)nc1C. The molecule has 0 saturated heterocycles. The number of hydrogen-bond acceptors (Lipinski definition) is 5. The summed E-state index contributed by atoms with van der Waals surface area (Å²) >= 11 is 1.48. The molecule has 0 spiro atoms. The molecule has 0 saturated carbocycles. The average Bonchev–Trinajstić information content (AvgIpc) is 3.31. The molecule has 9 heteroatoms. The number of anilines is 1. The molecule has 6 nitrogen and oxygen atoms in total. The van der Waals surface area contributed by atoms with Crippen LogP contribution >= 0.6 is 11.3 Å². The second-order valence-electron chi connectivity index (χ2n) is 6.35. The van der Waals surface area contributed by atoms with Crippen molar-refractivity contribution < 1.29 is 13.6 Å². The molecular formula is C20H15F2N5OS. The summed E-state index contributed by atoms with van der Waals surface area (Å²) in [6.45, 7) is 3.79. The van der Waals surface area contributed by atoms with E-state index < -0.39 is 23.1 Å². The summed E-state index contributed by atoms with van der Waals surface area (Å²) in [5.41, 5.74) is 3.34. The number of carbonyl (C=O) groups excluding carboxylic acids is 1. The minimum atomic E-state index is -1.01. The van der Waals surface area contributed by atoms with Crippen LogP contribution in [0.1, 0.15) is 21.6 Å². The van der Waals surface area contributed by atoms with Crippen LogP contribution in [0.25, 0.3) is 16.3 Å². The molecule has 0 radical (unpaired) electrons. The van der Waals surface area contributed by atoms with Crippen LogP contribution in [0.15, 0.2) is 48.4 Å². The van der Waals surface area contributed by atoms with Gasteiger partial charge in [-0.1, -0.05) is 6.07 Å². The first-order valence-corrected chi connectivity index (χ1v) is 9.49. The van der Waals surface area contributed by atoms with Crippen molar-refractivity contribution >= 4 is 22.9 Å². The largest absolute Gasteiger partial charge is 0.322 e. The monoisotopic (exact) mass is 411 g/mol. The molecule has 29 heavy (non-hydrogen) atoms.